The summed E-state index contributed by atoms with van der Waals surface area (Å²) in [6.45, 7) is 11.8. The Labute approximate surface area is 90.8 Å². The molecule has 0 radical (unpaired) electrons. The van der Waals surface area contributed by atoms with Crippen molar-refractivity contribution in [2.24, 2.45) is 0 Å². The topological polar surface area (TPSA) is 24.9 Å². The molecular formula is C11H20N2S. The fraction of sp³-hybridized carbons (Fsp3) is 0.727. The second-order valence-corrected chi connectivity index (χ2v) is 5.23. The molecule has 1 aromatic rings. The van der Waals surface area contributed by atoms with Crippen LogP contribution in [0.2, 0.25) is 0 Å². The number of hydrogen-bond acceptors (Lipinski definition) is 3. The number of aryl methyl sites for hydroxylation is 2. The maximum Gasteiger partial charge on any atom is 0.113 e. The molecule has 0 atom stereocenters. The highest BCUT2D eigenvalue weighted by atomic mass is 32.1. The third kappa shape index (κ3) is 2.34. The molecule has 0 saturated heterocycles. The summed E-state index contributed by atoms with van der Waals surface area (Å²) >= 11 is 1.81. The van der Waals surface area contributed by atoms with E-state index in [0.29, 0.717) is 0 Å². The van der Waals surface area contributed by atoms with Gasteiger partial charge in [-0.05, 0) is 33.7 Å². The van der Waals surface area contributed by atoms with E-state index in [0.717, 1.165) is 13.0 Å². The van der Waals surface area contributed by atoms with Crippen LogP contribution in [0.1, 0.15) is 43.3 Å². The highest BCUT2D eigenvalue weighted by Gasteiger charge is 2.23. The number of nitrogens with one attached hydrogen (secondary N) is 1. The van der Waals surface area contributed by atoms with E-state index in [-0.39, 0.29) is 5.54 Å². The predicted molar refractivity (Wildman–Crippen MR) is 62.9 cm³/mol. The van der Waals surface area contributed by atoms with Gasteiger partial charge in [-0.3, -0.25) is 0 Å². The first kappa shape index (κ1) is 11.7. The number of nitrogens with zero attached hydrogens (tertiary/aromatic N) is 1. The first-order chi connectivity index (χ1) is 6.51. The van der Waals surface area contributed by atoms with E-state index < -0.39 is 0 Å². The number of thiazole rings is 1. The van der Waals surface area contributed by atoms with Crippen molar-refractivity contribution in [2.45, 2.75) is 46.6 Å². The van der Waals surface area contributed by atoms with Gasteiger partial charge in [0.1, 0.15) is 5.01 Å². The summed E-state index contributed by atoms with van der Waals surface area (Å²) in [4.78, 5) is 6.03. The molecule has 14 heavy (non-hydrogen) atoms. The fourth-order valence-corrected chi connectivity index (χ4v) is 2.62. The molecule has 0 fully saturated rings. The van der Waals surface area contributed by atoms with Crippen LogP contribution in [0.3, 0.4) is 0 Å². The van der Waals surface area contributed by atoms with Gasteiger partial charge in [-0.1, -0.05) is 13.8 Å². The van der Waals surface area contributed by atoms with Crippen molar-refractivity contribution in [2.75, 3.05) is 6.54 Å². The maximum atomic E-state index is 4.67. The van der Waals surface area contributed by atoms with Crippen LogP contribution in [0.15, 0.2) is 0 Å². The van der Waals surface area contributed by atoms with Crippen LogP contribution < -0.4 is 5.32 Å². The molecule has 80 valence electrons. The van der Waals surface area contributed by atoms with Crippen LogP contribution in [0.25, 0.3) is 0 Å². The SMILES string of the molecule is CCNC(C)(C)c1nc(CC)c(C)s1. The summed E-state index contributed by atoms with van der Waals surface area (Å²) in [6, 6.07) is 0. The van der Waals surface area contributed by atoms with Gasteiger partial charge < -0.3 is 5.32 Å². The van der Waals surface area contributed by atoms with Crippen molar-refractivity contribution < 1.29 is 0 Å². The van der Waals surface area contributed by atoms with E-state index in [1.807, 2.05) is 11.3 Å². The second-order valence-electron chi connectivity index (χ2n) is 4.03. The number of aromatic nitrogens is 1. The van der Waals surface area contributed by atoms with Crippen LogP contribution in [-0.2, 0) is 12.0 Å². The van der Waals surface area contributed by atoms with Crippen molar-refractivity contribution in [3.63, 3.8) is 0 Å². The average molecular weight is 212 g/mol. The summed E-state index contributed by atoms with van der Waals surface area (Å²) in [7, 11) is 0. The van der Waals surface area contributed by atoms with Gasteiger partial charge in [-0.15, -0.1) is 11.3 Å². The smallest absolute Gasteiger partial charge is 0.113 e. The molecule has 1 N–H and O–H groups in total. The summed E-state index contributed by atoms with van der Waals surface area (Å²) in [6.07, 6.45) is 1.03. The second kappa shape index (κ2) is 4.41. The van der Waals surface area contributed by atoms with E-state index in [1.165, 1.54) is 15.6 Å². The largest absolute Gasteiger partial charge is 0.306 e. The fourth-order valence-electron chi connectivity index (χ4n) is 1.54. The molecule has 1 rings (SSSR count). The van der Waals surface area contributed by atoms with Crippen molar-refractivity contribution in [1.29, 1.82) is 0 Å². The number of rotatable bonds is 4. The molecule has 0 unspecified atom stereocenters. The first-order valence-corrected chi connectivity index (χ1v) is 6.04. The highest BCUT2D eigenvalue weighted by Crippen LogP contribution is 2.27. The Morgan fingerprint density at radius 2 is 2.00 bits per heavy atom. The zero-order valence-electron chi connectivity index (χ0n) is 9.77. The quantitative estimate of drug-likeness (QED) is 0.830. The van der Waals surface area contributed by atoms with Gasteiger partial charge >= 0.3 is 0 Å². The highest BCUT2D eigenvalue weighted by molar-refractivity contribution is 7.11. The Balaban J connectivity index is 2.95. The lowest BCUT2D eigenvalue weighted by atomic mass is 10.1. The average Bonchev–Trinajstić information content (AvgIpc) is 2.47. The van der Waals surface area contributed by atoms with Crippen LogP contribution in [-0.4, -0.2) is 11.5 Å². The summed E-state index contributed by atoms with van der Waals surface area (Å²) in [5.41, 5.74) is 1.26. The first-order valence-electron chi connectivity index (χ1n) is 5.23. The minimum Gasteiger partial charge on any atom is -0.306 e. The minimum absolute atomic E-state index is 0.0115. The Morgan fingerprint density at radius 3 is 2.43 bits per heavy atom. The molecule has 2 nitrogen and oxygen atoms in total. The summed E-state index contributed by atoms with van der Waals surface area (Å²) in [5.74, 6) is 0. The Kier molecular flexibility index (Phi) is 3.67. The van der Waals surface area contributed by atoms with Gasteiger partial charge in [0.2, 0.25) is 0 Å². The molecule has 0 saturated carbocycles. The third-order valence-corrected chi connectivity index (χ3v) is 3.72. The molecule has 0 aromatic carbocycles. The van der Waals surface area contributed by atoms with Crippen LogP contribution >= 0.6 is 11.3 Å². The van der Waals surface area contributed by atoms with Crippen molar-refractivity contribution in [3.8, 4) is 0 Å². The molecular weight excluding hydrogens is 192 g/mol. The number of hydrogen-bond donors (Lipinski definition) is 1. The minimum atomic E-state index is 0.0115. The van der Waals surface area contributed by atoms with Gasteiger partial charge in [0.25, 0.3) is 0 Å². The van der Waals surface area contributed by atoms with Crippen LogP contribution in [0.5, 0.6) is 0 Å². The van der Waals surface area contributed by atoms with Gasteiger partial charge in [0.05, 0.1) is 11.2 Å². The molecule has 0 amide bonds. The van der Waals surface area contributed by atoms with E-state index in [9.17, 15) is 0 Å². The Morgan fingerprint density at radius 1 is 1.36 bits per heavy atom. The molecule has 0 aliphatic rings. The summed E-state index contributed by atoms with van der Waals surface area (Å²) < 4.78 is 0. The van der Waals surface area contributed by atoms with Gasteiger partial charge in [-0.2, -0.15) is 0 Å². The lowest BCUT2D eigenvalue weighted by Gasteiger charge is -2.22. The van der Waals surface area contributed by atoms with E-state index in [1.54, 1.807) is 0 Å². The zero-order valence-corrected chi connectivity index (χ0v) is 10.6. The normalized spacial score (nSPS) is 12.1. The van der Waals surface area contributed by atoms with Crippen molar-refractivity contribution >= 4 is 11.3 Å². The predicted octanol–water partition coefficient (Wildman–Crippen LogP) is 2.86. The third-order valence-electron chi connectivity index (χ3n) is 2.38. The van der Waals surface area contributed by atoms with E-state index >= 15 is 0 Å². The molecule has 0 spiro atoms. The zero-order chi connectivity index (χ0) is 10.8. The lowest BCUT2D eigenvalue weighted by Crippen LogP contribution is -2.36. The monoisotopic (exact) mass is 212 g/mol. The van der Waals surface area contributed by atoms with Gasteiger partial charge in [-0.25, -0.2) is 4.98 Å². The molecule has 0 aliphatic carbocycles. The molecule has 0 aliphatic heterocycles. The van der Waals surface area contributed by atoms with E-state index in [2.05, 4.69) is 44.9 Å². The van der Waals surface area contributed by atoms with Crippen LogP contribution in [0.4, 0.5) is 0 Å². The molecule has 1 aromatic heterocycles. The Bertz CT molecular complexity index is 302. The van der Waals surface area contributed by atoms with Crippen molar-refractivity contribution in [1.82, 2.24) is 10.3 Å². The lowest BCUT2D eigenvalue weighted by molar-refractivity contribution is 0.413. The van der Waals surface area contributed by atoms with Crippen LogP contribution in [0, 0.1) is 6.92 Å². The van der Waals surface area contributed by atoms with Gasteiger partial charge in [0, 0.05) is 4.88 Å². The Hall–Kier alpha value is -0.410. The standard InChI is InChI=1S/C11H20N2S/c1-6-9-8(3)14-10(13-9)11(4,5)12-7-2/h12H,6-7H2,1-5H3. The van der Waals surface area contributed by atoms with Crippen molar-refractivity contribution in [3.05, 3.63) is 15.6 Å². The summed E-state index contributed by atoms with van der Waals surface area (Å²) in [5, 5.41) is 4.65. The molecule has 3 heteroatoms. The van der Waals surface area contributed by atoms with Gasteiger partial charge in [0.15, 0.2) is 0 Å². The molecule has 0 bridgehead atoms. The maximum absolute atomic E-state index is 4.67. The molecule has 1 heterocycles. The van der Waals surface area contributed by atoms with E-state index in [4.69, 9.17) is 0 Å².